The van der Waals surface area contributed by atoms with E-state index in [4.69, 9.17) is 4.98 Å². The number of amides is 1. The molecule has 2 aliphatic carbocycles. The van der Waals surface area contributed by atoms with Gasteiger partial charge in [0, 0.05) is 40.9 Å². The summed E-state index contributed by atoms with van der Waals surface area (Å²) in [7, 11) is 0. The van der Waals surface area contributed by atoms with E-state index in [0.717, 1.165) is 28.5 Å². The molecule has 178 valence electrons. The molecule has 0 spiro atoms. The molecule has 1 amide bonds. The van der Waals surface area contributed by atoms with E-state index >= 15 is 0 Å². The first-order valence-corrected chi connectivity index (χ1v) is 12.2. The number of carbonyl (C=O) groups excluding carboxylic acids is 1. The molecule has 1 aromatic carbocycles. The van der Waals surface area contributed by atoms with Crippen molar-refractivity contribution >= 4 is 28.1 Å². The van der Waals surface area contributed by atoms with E-state index in [1.807, 2.05) is 6.92 Å². The number of aromatic nitrogens is 1. The third kappa shape index (κ3) is 4.27. The molecule has 2 aliphatic rings. The predicted octanol–water partition coefficient (Wildman–Crippen LogP) is 3.89. The van der Waals surface area contributed by atoms with Gasteiger partial charge in [0.05, 0.1) is 18.4 Å². The molecule has 0 aliphatic heterocycles. The van der Waals surface area contributed by atoms with Crippen LogP contribution in [0, 0.1) is 16.7 Å². The molecule has 7 nitrogen and oxygen atoms in total. The normalized spacial score (nSPS) is 30.7. The topological polar surface area (TPSA) is 115 Å². The van der Waals surface area contributed by atoms with Crippen LogP contribution in [-0.2, 0) is 11.2 Å². The molecule has 5 atom stereocenters. The average Bonchev–Trinajstić information content (AvgIpc) is 3.19. The van der Waals surface area contributed by atoms with Crippen molar-refractivity contribution in [2.75, 3.05) is 23.8 Å². The van der Waals surface area contributed by atoms with Crippen LogP contribution in [0.2, 0.25) is 0 Å². The molecule has 1 fully saturated rings. The minimum Gasteiger partial charge on any atom is -0.508 e. The summed E-state index contributed by atoms with van der Waals surface area (Å²) in [6, 6.07) is 6.52. The Bertz CT molecular complexity index is 1040. The van der Waals surface area contributed by atoms with Crippen molar-refractivity contribution in [2.45, 2.75) is 51.6 Å². The molecule has 0 radical (unpaired) electrons. The fourth-order valence-electron chi connectivity index (χ4n) is 5.86. The Hall–Kier alpha value is -2.42. The van der Waals surface area contributed by atoms with Gasteiger partial charge in [-0.05, 0) is 42.7 Å². The van der Waals surface area contributed by atoms with Gasteiger partial charge >= 0.3 is 0 Å². The van der Waals surface area contributed by atoms with E-state index in [2.05, 4.69) is 24.1 Å². The lowest BCUT2D eigenvalue weighted by atomic mass is 9.47. The Balaban J connectivity index is 1.70. The van der Waals surface area contributed by atoms with Gasteiger partial charge in [0.2, 0.25) is 5.91 Å². The highest BCUT2D eigenvalue weighted by molar-refractivity contribution is 7.15. The van der Waals surface area contributed by atoms with E-state index < -0.39 is 11.5 Å². The summed E-state index contributed by atoms with van der Waals surface area (Å²) in [5.41, 5.74) is 0.532. The van der Waals surface area contributed by atoms with E-state index in [9.17, 15) is 20.1 Å². The number of rotatable bonds is 7. The quantitative estimate of drug-likeness (QED) is 0.392. The van der Waals surface area contributed by atoms with Crippen LogP contribution in [0.25, 0.3) is 0 Å². The molecule has 4 rings (SSSR count). The van der Waals surface area contributed by atoms with Gasteiger partial charge in [-0.1, -0.05) is 26.0 Å². The van der Waals surface area contributed by atoms with Gasteiger partial charge in [0.1, 0.15) is 5.75 Å². The standard InChI is InChI=1S/C25H33N3O4S/c1-4-10-26-23-28-22-17(12-21(32)27-15-6-5-7-16(30)11-15)24(2)9-8-20(31)25(3,14-29)19(24)13-18(22)33-23/h4-7,11,17,19-20,29-31H,1,8-10,12-14H2,2-3H3,(H,26,28)(H,27,32). The molecule has 2 aromatic rings. The van der Waals surface area contributed by atoms with E-state index in [1.54, 1.807) is 35.6 Å². The number of phenols is 1. The van der Waals surface area contributed by atoms with Crippen LogP contribution in [0.1, 0.15) is 49.6 Å². The van der Waals surface area contributed by atoms with E-state index in [1.165, 1.54) is 6.07 Å². The first-order chi connectivity index (χ1) is 15.7. The number of anilines is 2. The molecule has 1 aromatic heterocycles. The van der Waals surface area contributed by atoms with Gasteiger partial charge < -0.3 is 26.0 Å². The lowest BCUT2D eigenvalue weighted by molar-refractivity contribution is -0.143. The molecule has 33 heavy (non-hydrogen) atoms. The smallest absolute Gasteiger partial charge is 0.225 e. The van der Waals surface area contributed by atoms with Crippen molar-refractivity contribution in [3.63, 3.8) is 0 Å². The molecule has 5 N–H and O–H groups in total. The number of hydrogen-bond acceptors (Lipinski definition) is 7. The first kappa shape index (κ1) is 23.7. The molecule has 1 saturated carbocycles. The Morgan fingerprint density at radius 2 is 2.18 bits per heavy atom. The van der Waals surface area contributed by atoms with Crippen molar-refractivity contribution < 1.29 is 20.1 Å². The second kappa shape index (κ2) is 9.08. The highest BCUT2D eigenvalue weighted by Gasteiger charge is 2.59. The van der Waals surface area contributed by atoms with Crippen molar-refractivity contribution in [1.29, 1.82) is 0 Å². The van der Waals surface area contributed by atoms with E-state index in [0.29, 0.717) is 18.7 Å². The fraction of sp³-hybridized carbons (Fsp3) is 0.520. The number of carbonyl (C=O) groups is 1. The number of thiazole rings is 1. The largest absolute Gasteiger partial charge is 0.508 e. The maximum atomic E-state index is 13.1. The molecule has 1 heterocycles. The number of nitrogens with zero attached hydrogens (tertiary/aromatic N) is 1. The highest BCUT2D eigenvalue weighted by Crippen LogP contribution is 2.62. The van der Waals surface area contributed by atoms with Gasteiger partial charge in [-0.2, -0.15) is 0 Å². The Kier molecular flexibility index (Phi) is 6.53. The second-order valence-electron chi connectivity index (χ2n) is 9.83. The molecule has 0 bridgehead atoms. The minimum atomic E-state index is -0.649. The van der Waals surface area contributed by atoms with Crippen LogP contribution in [0.5, 0.6) is 5.75 Å². The number of hydrogen-bond donors (Lipinski definition) is 5. The zero-order chi connectivity index (χ0) is 23.8. The fourth-order valence-corrected chi connectivity index (χ4v) is 6.94. The Morgan fingerprint density at radius 1 is 1.39 bits per heavy atom. The molecular weight excluding hydrogens is 438 g/mol. The van der Waals surface area contributed by atoms with Crippen molar-refractivity contribution in [3.05, 3.63) is 47.5 Å². The number of benzene rings is 1. The summed E-state index contributed by atoms with van der Waals surface area (Å²) in [6.45, 7) is 8.40. The lowest BCUT2D eigenvalue weighted by Crippen LogP contribution is -2.57. The maximum absolute atomic E-state index is 13.1. The zero-order valence-corrected chi connectivity index (χ0v) is 20.0. The Morgan fingerprint density at radius 3 is 2.88 bits per heavy atom. The minimum absolute atomic E-state index is 0.0116. The maximum Gasteiger partial charge on any atom is 0.225 e. The van der Waals surface area contributed by atoms with Crippen LogP contribution in [-0.4, -0.2) is 45.5 Å². The molecule has 5 unspecified atom stereocenters. The van der Waals surface area contributed by atoms with E-state index in [-0.39, 0.29) is 41.9 Å². The summed E-state index contributed by atoms with van der Waals surface area (Å²) < 4.78 is 0. The van der Waals surface area contributed by atoms with Gasteiger partial charge in [0.15, 0.2) is 5.13 Å². The number of fused-ring (bicyclic) bond motifs is 2. The average molecular weight is 472 g/mol. The molecular formula is C25H33N3O4S. The van der Waals surface area contributed by atoms with Crippen LogP contribution >= 0.6 is 11.3 Å². The third-order valence-electron chi connectivity index (χ3n) is 7.81. The third-order valence-corrected chi connectivity index (χ3v) is 8.86. The van der Waals surface area contributed by atoms with Gasteiger partial charge in [-0.15, -0.1) is 17.9 Å². The summed E-state index contributed by atoms with van der Waals surface area (Å²) in [5, 5.41) is 37.9. The Labute approximate surface area is 198 Å². The van der Waals surface area contributed by atoms with Gasteiger partial charge in [-0.25, -0.2) is 4.98 Å². The molecule has 0 saturated heterocycles. The van der Waals surface area contributed by atoms with Crippen molar-refractivity contribution in [1.82, 2.24) is 4.98 Å². The predicted molar refractivity (Wildman–Crippen MR) is 131 cm³/mol. The van der Waals surface area contributed by atoms with Crippen LogP contribution in [0.4, 0.5) is 10.8 Å². The monoisotopic (exact) mass is 471 g/mol. The number of phenolic OH excluding ortho intramolecular Hbond substituents is 1. The van der Waals surface area contributed by atoms with Crippen LogP contribution < -0.4 is 10.6 Å². The first-order valence-electron chi connectivity index (χ1n) is 11.4. The summed E-state index contributed by atoms with van der Waals surface area (Å²) in [4.78, 5) is 19.1. The SMILES string of the molecule is C=CCNc1nc2c(s1)CC1C(C)(CO)C(O)CCC1(C)C2CC(=O)Nc1cccc(O)c1. The molecule has 8 heteroatoms. The number of nitrogens with one attached hydrogen (secondary N) is 2. The van der Waals surface area contributed by atoms with Gasteiger partial charge in [0.25, 0.3) is 0 Å². The van der Waals surface area contributed by atoms with Crippen molar-refractivity contribution in [3.8, 4) is 5.75 Å². The van der Waals surface area contributed by atoms with Crippen LogP contribution in [0.15, 0.2) is 36.9 Å². The summed E-state index contributed by atoms with van der Waals surface area (Å²) in [6.07, 6.45) is 3.48. The number of aliphatic hydroxyl groups excluding tert-OH is 2. The van der Waals surface area contributed by atoms with Crippen molar-refractivity contribution in [2.24, 2.45) is 16.7 Å². The summed E-state index contributed by atoms with van der Waals surface area (Å²) in [5.74, 6) is -0.198. The zero-order valence-electron chi connectivity index (χ0n) is 19.2. The highest BCUT2D eigenvalue weighted by atomic mass is 32.1. The van der Waals surface area contributed by atoms with Crippen LogP contribution in [0.3, 0.4) is 0 Å². The second-order valence-corrected chi connectivity index (χ2v) is 10.9. The van der Waals surface area contributed by atoms with Gasteiger partial charge in [-0.3, -0.25) is 4.79 Å². The number of aliphatic hydroxyl groups is 2. The lowest BCUT2D eigenvalue weighted by Gasteiger charge is -2.58. The summed E-state index contributed by atoms with van der Waals surface area (Å²) >= 11 is 1.58. The number of aromatic hydroxyl groups is 1.